The molecular formula is C19H26N4. The van der Waals surface area contributed by atoms with Gasteiger partial charge in [0.2, 0.25) is 5.95 Å². The molecule has 0 bridgehead atoms. The number of rotatable bonds is 4. The predicted molar refractivity (Wildman–Crippen MR) is 96.5 cm³/mol. The molecule has 23 heavy (non-hydrogen) atoms. The number of aryl methyl sites for hydroxylation is 2. The standard InChI is InChI=1S/C19H26N4/c1-4-16-7-9-17(10-8-16)21-18-12-15(3)20-19(22-18)23-11-5-6-14(2)13-23/h7-10,12,14H,4-6,11,13H2,1-3H3,(H,20,21,22). The molecule has 122 valence electrons. The first kappa shape index (κ1) is 15.8. The third kappa shape index (κ3) is 4.01. The smallest absolute Gasteiger partial charge is 0.227 e. The Morgan fingerprint density at radius 1 is 1.22 bits per heavy atom. The lowest BCUT2D eigenvalue weighted by Gasteiger charge is -2.31. The summed E-state index contributed by atoms with van der Waals surface area (Å²) >= 11 is 0. The van der Waals surface area contributed by atoms with Crippen molar-refractivity contribution in [1.82, 2.24) is 9.97 Å². The first-order valence-electron chi connectivity index (χ1n) is 8.60. The van der Waals surface area contributed by atoms with Crippen LogP contribution < -0.4 is 10.2 Å². The first-order chi connectivity index (χ1) is 11.1. The highest BCUT2D eigenvalue weighted by Gasteiger charge is 2.19. The molecule has 3 rings (SSSR count). The van der Waals surface area contributed by atoms with Gasteiger partial charge in [-0.3, -0.25) is 0 Å². The topological polar surface area (TPSA) is 41.1 Å². The van der Waals surface area contributed by atoms with Gasteiger partial charge < -0.3 is 10.2 Å². The Morgan fingerprint density at radius 3 is 2.70 bits per heavy atom. The number of nitrogens with zero attached hydrogens (tertiary/aromatic N) is 3. The van der Waals surface area contributed by atoms with Crippen LogP contribution in [-0.2, 0) is 6.42 Å². The fourth-order valence-electron chi connectivity index (χ4n) is 3.10. The maximum atomic E-state index is 4.73. The number of hydrogen-bond acceptors (Lipinski definition) is 4. The van der Waals surface area contributed by atoms with Crippen LogP contribution >= 0.6 is 0 Å². The molecule has 1 fully saturated rings. The second kappa shape index (κ2) is 6.99. The normalized spacial score (nSPS) is 18.0. The van der Waals surface area contributed by atoms with E-state index in [0.29, 0.717) is 5.92 Å². The van der Waals surface area contributed by atoms with Gasteiger partial charge in [-0.25, -0.2) is 4.98 Å². The van der Waals surface area contributed by atoms with E-state index in [4.69, 9.17) is 4.98 Å². The maximum absolute atomic E-state index is 4.73. The molecule has 1 N–H and O–H groups in total. The molecule has 4 heteroatoms. The number of hydrogen-bond donors (Lipinski definition) is 1. The minimum absolute atomic E-state index is 0.714. The van der Waals surface area contributed by atoms with E-state index in [1.54, 1.807) is 0 Å². The third-order valence-electron chi connectivity index (χ3n) is 4.42. The highest BCUT2D eigenvalue weighted by molar-refractivity contribution is 5.58. The summed E-state index contributed by atoms with van der Waals surface area (Å²) in [5.41, 5.74) is 3.41. The number of anilines is 3. The number of benzene rings is 1. The summed E-state index contributed by atoms with van der Waals surface area (Å²) in [7, 11) is 0. The molecule has 2 heterocycles. The second-order valence-electron chi connectivity index (χ2n) is 6.56. The summed E-state index contributed by atoms with van der Waals surface area (Å²) < 4.78 is 0. The minimum Gasteiger partial charge on any atom is -0.340 e. The van der Waals surface area contributed by atoms with Crippen LogP contribution in [0.5, 0.6) is 0 Å². The van der Waals surface area contributed by atoms with Crippen molar-refractivity contribution < 1.29 is 0 Å². The average Bonchev–Trinajstić information content (AvgIpc) is 2.55. The Bertz CT molecular complexity index is 651. The largest absolute Gasteiger partial charge is 0.340 e. The lowest BCUT2D eigenvalue weighted by Crippen LogP contribution is -2.35. The Morgan fingerprint density at radius 2 is 2.00 bits per heavy atom. The summed E-state index contributed by atoms with van der Waals surface area (Å²) in [6.07, 6.45) is 3.58. The van der Waals surface area contributed by atoms with Crippen molar-refractivity contribution in [2.24, 2.45) is 5.92 Å². The van der Waals surface area contributed by atoms with Gasteiger partial charge in [0.05, 0.1) is 0 Å². The molecule has 0 radical (unpaired) electrons. The van der Waals surface area contributed by atoms with E-state index >= 15 is 0 Å². The summed E-state index contributed by atoms with van der Waals surface area (Å²) in [6.45, 7) is 8.61. The van der Waals surface area contributed by atoms with Crippen LogP contribution in [0.25, 0.3) is 0 Å². The quantitative estimate of drug-likeness (QED) is 0.912. The summed E-state index contributed by atoms with van der Waals surface area (Å²) in [5.74, 6) is 2.44. The van der Waals surface area contributed by atoms with Gasteiger partial charge in [-0.2, -0.15) is 4.98 Å². The molecule has 1 aliphatic rings. The molecule has 1 unspecified atom stereocenters. The van der Waals surface area contributed by atoms with Gasteiger partial charge in [-0.05, 0) is 49.8 Å². The van der Waals surface area contributed by atoms with Gasteiger partial charge in [-0.15, -0.1) is 0 Å². The zero-order valence-electron chi connectivity index (χ0n) is 14.3. The van der Waals surface area contributed by atoms with E-state index in [1.807, 2.05) is 13.0 Å². The summed E-state index contributed by atoms with van der Waals surface area (Å²) in [5, 5.41) is 3.41. The molecular weight excluding hydrogens is 284 g/mol. The Hall–Kier alpha value is -2.10. The molecule has 1 aromatic carbocycles. The third-order valence-corrected chi connectivity index (χ3v) is 4.42. The van der Waals surface area contributed by atoms with Crippen LogP contribution in [0.15, 0.2) is 30.3 Å². The highest BCUT2D eigenvalue weighted by Crippen LogP contribution is 2.23. The van der Waals surface area contributed by atoms with Crippen molar-refractivity contribution in [3.63, 3.8) is 0 Å². The van der Waals surface area contributed by atoms with Gasteiger partial charge in [-0.1, -0.05) is 26.0 Å². The average molecular weight is 310 g/mol. The highest BCUT2D eigenvalue weighted by atomic mass is 15.3. The van der Waals surface area contributed by atoms with Gasteiger partial charge in [0, 0.05) is 30.5 Å². The number of piperidine rings is 1. The monoisotopic (exact) mass is 310 g/mol. The van der Waals surface area contributed by atoms with Crippen LogP contribution in [-0.4, -0.2) is 23.1 Å². The van der Waals surface area contributed by atoms with Crippen LogP contribution in [0.1, 0.15) is 37.9 Å². The van der Waals surface area contributed by atoms with Crippen molar-refractivity contribution in [2.45, 2.75) is 40.0 Å². The summed E-state index contributed by atoms with van der Waals surface area (Å²) in [4.78, 5) is 11.7. The summed E-state index contributed by atoms with van der Waals surface area (Å²) in [6, 6.07) is 10.5. The number of aromatic nitrogens is 2. The van der Waals surface area contributed by atoms with Crippen molar-refractivity contribution in [3.8, 4) is 0 Å². The predicted octanol–water partition coefficient (Wildman–Crippen LogP) is 4.33. The Balaban J connectivity index is 1.79. The molecule has 1 aromatic heterocycles. The SMILES string of the molecule is CCc1ccc(Nc2cc(C)nc(N3CCCC(C)C3)n2)cc1. The molecule has 0 aliphatic carbocycles. The van der Waals surface area contributed by atoms with E-state index in [-0.39, 0.29) is 0 Å². The molecule has 1 saturated heterocycles. The van der Waals surface area contributed by atoms with E-state index in [0.717, 1.165) is 42.7 Å². The molecule has 1 aliphatic heterocycles. The van der Waals surface area contributed by atoms with Gasteiger partial charge in [0.1, 0.15) is 5.82 Å². The Labute approximate surface area is 139 Å². The van der Waals surface area contributed by atoms with Gasteiger partial charge in [0.25, 0.3) is 0 Å². The van der Waals surface area contributed by atoms with Crippen molar-refractivity contribution in [3.05, 3.63) is 41.6 Å². The molecule has 2 aromatic rings. The van der Waals surface area contributed by atoms with Crippen LogP contribution in [0, 0.1) is 12.8 Å². The minimum atomic E-state index is 0.714. The van der Waals surface area contributed by atoms with E-state index in [9.17, 15) is 0 Å². The molecule has 4 nitrogen and oxygen atoms in total. The fourth-order valence-corrected chi connectivity index (χ4v) is 3.10. The van der Waals surface area contributed by atoms with E-state index in [2.05, 4.69) is 53.3 Å². The second-order valence-corrected chi connectivity index (χ2v) is 6.56. The Kier molecular flexibility index (Phi) is 4.79. The molecule has 0 amide bonds. The maximum Gasteiger partial charge on any atom is 0.227 e. The zero-order valence-corrected chi connectivity index (χ0v) is 14.3. The zero-order chi connectivity index (χ0) is 16.2. The van der Waals surface area contributed by atoms with E-state index in [1.165, 1.54) is 18.4 Å². The molecule has 0 saturated carbocycles. The molecule has 1 atom stereocenters. The lowest BCUT2D eigenvalue weighted by atomic mass is 10.0. The van der Waals surface area contributed by atoms with Crippen molar-refractivity contribution in [2.75, 3.05) is 23.3 Å². The van der Waals surface area contributed by atoms with Gasteiger partial charge >= 0.3 is 0 Å². The first-order valence-corrected chi connectivity index (χ1v) is 8.60. The van der Waals surface area contributed by atoms with Crippen molar-refractivity contribution in [1.29, 1.82) is 0 Å². The molecule has 0 spiro atoms. The van der Waals surface area contributed by atoms with Crippen LogP contribution in [0.3, 0.4) is 0 Å². The van der Waals surface area contributed by atoms with E-state index < -0.39 is 0 Å². The fraction of sp³-hybridized carbons (Fsp3) is 0.474. The van der Waals surface area contributed by atoms with Crippen LogP contribution in [0.4, 0.5) is 17.5 Å². The van der Waals surface area contributed by atoms with Crippen molar-refractivity contribution >= 4 is 17.5 Å². The van der Waals surface area contributed by atoms with Crippen LogP contribution in [0.2, 0.25) is 0 Å². The number of nitrogens with one attached hydrogen (secondary N) is 1. The lowest BCUT2D eigenvalue weighted by molar-refractivity contribution is 0.442. The van der Waals surface area contributed by atoms with Gasteiger partial charge in [0.15, 0.2) is 0 Å².